The molecule has 0 aliphatic heterocycles. The molecular formula is C11H24Cl2NO3-. The van der Waals surface area contributed by atoms with Crippen LogP contribution in [0.3, 0.4) is 0 Å². The van der Waals surface area contributed by atoms with Crippen molar-refractivity contribution in [3.63, 3.8) is 0 Å². The fraction of sp³-hybridized carbons (Fsp3) is 0.909. The Hall–Kier alpha value is -0.0300. The molecule has 0 fully saturated rings. The molecule has 0 aromatic heterocycles. The van der Waals surface area contributed by atoms with Crippen LogP contribution in [0.5, 0.6) is 0 Å². The Balaban J connectivity index is -0.000000340. The molecule has 0 aromatic carbocycles. The van der Waals surface area contributed by atoms with Crippen LogP contribution in [0.1, 0.15) is 27.7 Å². The maximum atomic E-state index is 9.44. The topological polar surface area (TPSA) is 60.4 Å². The largest absolute Gasteiger partial charge is 1.00 e. The fourth-order valence-corrected chi connectivity index (χ4v) is 1.65. The van der Waals surface area contributed by atoms with Crippen LogP contribution in [0, 0.1) is 0 Å². The molecule has 0 amide bonds. The van der Waals surface area contributed by atoms with E-state index >= 15 is 0 Å². The summed E-state index contributed by atoms with van der Waals surface area (Å²) in [4.78, 5) is 8.89. The maximum Gasteiger partial charge on any atom is 0.116 e. The van der Waals surface area contributed by atoms with E-state index < -0.39 is 5.97 Å². The van der Waals surface area contributed by atoms with Gasteiger partial charge in [0, 0.05) is 5.97 Å². The van der Waals surface area contributed by atoms with E-state index in [1.807, 2.05) is 0 Å². The first-order valence-corrected chi connectivity index (χ1v) is 6.17. The van der Waals surface area contributed by atoms with E-state index in [0.717, 1.165) is 37.6 Å². The van der Waals surface area contributed by atoms with E-state index in [9.17, 15) is 5.11 Å². The number of carbonyl (C=O) groups is 1. The van der Waals surface area contributed by atoms with Gasteiger partial charge >= 0.3 is 0 Å². The van der Waals surface area contributed by atoms with Gasteiger partial charge < -0.3 is 31.9 Å². The molecule has 1 N–H and O–H groups in total. The number of halogens is 2. The highest BCUT2D eigenvalue weighted by Crippen LogP contribution is 2.07. The zero-order chi connectivity index (χ0) is 13.2. The number of quaternary nitrogens is 1. The zero-order valence-electron chi connectivity index (χ0n) is 11.1. The van der Waals surface area contributed by atoms with Gasteiger partial charge in [0.2, 0.25) is 0 Å². The predicted octanol–water partition coefficient (Wildman–Crippen LogP) is -2.78. The summed E-state index contributed by atoms with van der Waals surface area (Å²) in [6.45, 7) is 11.5. The van der Waals surface area contributed by atoms with E-state index in [4.69, 9.17) is 21.5 Å². The molecule has 0 saturated carbocycles. The van der Waals surface area contributed by atoms with Crippen LogP contribution in [0.2, 0.25) is 0 Å². The molecule has 0 rings (SSSR count). The van der Waals surface area contributed by atoms with Gasteiger partial charge in [-0.3, -0.25) is 0 Å². The van der Waals surface area contributed by atoms with Crippen molar-refractivity contribution in [1.82, 2.24) is 0 Å². The SMILES string of the molecule is CC(=O)[O-].CC[N+](CC)(CC)CC(O)CCl.[Cl-]. The second-order valence-corrected chi connectivity index (χ2v) is 4.08. The summed E-state index contributed by atoms with van der Waals surface area (Å²) in [5.74, 6) is -0.736. The van der Waals surface area contributed by atoms with Gasteiger partial charge in [-0.15, -0.1) is 11.6 Å². The first-order valence-electron chi connectivity index (χ1n) is 5.64. The third kappa shape index (κ3) is 12.2. The van der Waals surface area contributed by atoms with Crippen molar-refractivity contribution >= 4 is 17.6 Å². The average Bonchev–Trinajstić information content (AvgIpc) is 2.25. The minimum absolute atomic E-state index is 0. The van der Waals surface area contributed by atoms with Crippen LogP contribution in [0.4, 0.5) is 0 Å². The smallest absolute Gasteiger partial charge is 0.116 e. The van der Waals surface area contributed by atoms with Crippen molar-refractivity contribution in [2.75, 3.05) is 32.1 Å². The van der Waals surface area contributed by atoms with E-state index in [2.05, 4.69) is 20.8 Å². The Morgan fingerprint density at radius 2 is 1.59 bits per heavy atom. The van der Waals surface area contributed by atoms with Gasteiger partial charge in [-0.1, -0.05) is 0 Å². The number of hydrogen-bond donors (Lipinski definition) is 1. The van der Waals surface area contributed by atoms with Gasteiger partial charge in [0.15, 0.2) is 0 Å². The molecule has 0 spiro atoms. The highest BCUT2D eigenvalue weighted by Gasteiger charge is 2.24. The van der Waals surface area contributed by atoms with Crippen LogP contribution in [-0.4, -0.2) is 53.7 Å². The summed E-state index contributed by atoms with van der Waals surface area (Å²) in [6.07, 6.45) is -0.355. The second kappa shape index (κ2) is 12.4. The molecular weight excluding hydrogens is 265 g/mol. The monoisotopic (exact) mass is 288 g/mol. The standard InChI is InChI=1S/C9H21ClNO.C2H4O2.ClH/c1-4-11(5-2,6-3)8-9(12)7-10;1-2(3)4;/h9,12H,4-8H2,1-3H3;1H3,(H,3,4);1H/q+1;;/p-2. The molecule has 0 heterocycles. The Morgan fingerprint density at radius 3 is 1.76 bits per heavy atom. The van der Waals surface area contributed by atoms with Gasteiger partial charge in [-0.05, 0) is 27.7 Å². The summed E-state index contributed by atoms with van der Waals surface area (Å²) < 4.78 is 0.966. The Bertz CT molecular complexity index is 175. The average molecular weight is 289 g/mol. The number of hydrogen-bond acceptors (Lipinski definition) is 3. The highest BCUT2D eigenvalue weighted by molar-refractivity contribution is 6.18. The third-order valence-corrected chi connectivity index (χ3v) is 3.14. The van der Waals surface area contributed by atoms with Crippen molar-refractivity contribution in [3.05, 3.63) is 0 Å². The highest BCUT2D eigenvalue weighted by atomic mass is 35.5. The lowest BCUT2D eigenvalue weighted by molar-refractivity contribution is -0.925. The van der Waals surface area contributed by atoms with Crippen molar-refractivity contribution in [2.45, 2.75) is 33.8 Å². The molecule has 106 valence electrons. The van der Waals surface area contributed by atoms with E-state index in [-0.39, 0.29) is 18.5 Å². The molecule has 0 aliphatic carbocycles. The quantitative estimate of drug-likeness (QED) is 0.425. The summed E-state index contributed by atoms with van der Waals surface area (Å²) in [5.41, 5.74) is 0. The first kappa shape index (κ1) is 22.2. The van der Waals surface area contributed by atoms with Gasteiger partial charge in [0.05, 0.1) is 25.5 Å². The minimum Gasteiger partial charge on any atom is -1.00 e. The maximum absolute atomic E-state index is 9.44. The van der Waals surface area contributed by atoms with E-state index in [0.29, 0.717) is 5.88 Å². The van der Waals surface area contributed by atoms with Crippen molar-refractivity contribution in [1.29, 1.82) is 0 Å². The van der Waals surface area contributed by atoms with Gasteiger partial charge in [-0.25, -0.2) is 0 Å². The van der Waals surface area contributed by atoms with Crippen LogP contribution in [0.25, 0.3) is 0 Å². The number of aliphatic hydroxyl groups excluding tert-OH is 1. The number of rotatable bonds is 6. The summed E-state index contributed by atoms with van der Waals surface area (Å²) in [7, 11) is 0. The van der Waals surface area contributed by atoms with Crippen molar-refractivity contribution < 1.29 is 31.9 Å². The summed E-state index contributed by atoms with van der Waals surface area (Å²) in [5, 5.41) is 18.3. The van der Waals surface area contributed by atoms with Crippen molar-refractivity contribution in [3.8, 4) is 0 Å². The normalized spacial score (nSPS) is 11.9. The molecule has 0 aromatic rings. The first-order chi connectivity index (χ1) is 7.37. The van der Waals surface area contributed by atoms with Crippen molar-refractivity contribution in [2.24, 2.45) is 0 Å². The Labute approximate surface area is 116 Å². The molecule has 1 atom stereocenters. The Morgan fingerprint density at radius 1 is 1.29 bits per heavy atom. The molecule has 0 aliphatic rings. The number of carbonyl (C=O) groups excluding carboxylic acids is 1. The van der Waals surface area contributed by atoms with Gasteiger partial charge in [0.25, 0.3) is 0 Å². The second-order valence-electron chi connectivity index (χ2n) is 3.77. The van der Waals surface area contributed by atoms with Crippen LogP contribution in [0.15, 0.2) is 0 Å². The lowest BCUT2D eigenvalue weighted by Gasteiger charge is -2.37. The van der Waals surface area contributed by atoms with Crippen LogP contribution in [-0.2, 0) is 4.79 Å². The number of aliphatic hydroxyl groups is 1. The zero-order valence-corrected chi connectivity index (χ0v) is 12.6. The molecule has 17 heavy (non-hydrogen) atoms. The number of carboxylic acids is 1. The number of aliphatic carboxylic acids is 1. The van der Waals surface area contributed by atoms with Gasteiger partial charge in [0.1, 0.15) is 12.6 Å². The van der Waals surface area contributed by atoms with Crippen LogP contribution < -0.4 is 17.5 Å². The van der Waals surface area contributed by atoms with E-state index in [1.54, 1.807) is 0 Å². The number of nitrogens with zero attached hydrogens (tertiary/aromatic N) is 1. The third-order valence-electron chi connectivity index (χ3n) is 2.79. The number of likely N-dealkylation sites (N-methyl/N-ethyl adjacent to an activating group) is 1. The molecule has 1 unspecified atom stereocenters. The summed E-state index contributed by atoms with van der Waals surface area (Å²) >= 11 is 5.57. The van der Waals surface area contributed by atoms with E-state index in [1.165, 1.54) is 0 Å². The summed E-state index contributed by atoms with van der Waals surface area (Å²) in [6, 6.07) is 0. The predicted molar refractivity (Wildman–Crippen MR) is 64.2 cm³/mol. The molecule has 0 bridgehead atoms. The molecule has 6 heteroatoms. The lowest BCUT2D eigenvalue weighted by atomic mass is 10.2. The lowest BCUT2D eigenvalue weighted by Crippen LogP contribution is -3.00. The molecule has 4 nitrogen and oxygen atoms in total. The van der Waals surface area contributed by atoms with Gasteiger partial charge in [-0.2, -0.15) is 0 Å². The molecule has 0 saturated heterocycles. The Kier molecular flexibility index (Phi) is 16.2. The number of alkyl halides is 1. The number of carboxylic acid groups (broad SMARTS) is 1. The minimum atomic E-state index is -1.08. The fourth-order valence-electron chi connectivity index (χ4n) is 1.55. The van der Waals surface area contributed by atoms with Crippen LogP contribution >= 0.6 is 11.6 Å². The molecule has 0 radical (unpaired) electrons.